The van der Waals surface area contributed by atoms with Gasteiger partial charge in [0, 0.05) is 40.0 Å². The van der Waals surface area contributed by atoms with Crippen LogP contribution in [0.1, 0.15) is 29.3 Å². The van der Waals surface area contributed by atoms with Gasteiger partial charge in [-0.1, -0.05) is 17.9 Å². The van der Waals surface area contributed by atoms with E-state index < -0.39 is 10.8 Å². The minimum Gasteiger partial charge on any atom is -0.384 e. The molecule has 0 saturated heterocycles. The molecule has 0 aliphatic carbocycles. The predicted molar refractivity (Wildman–Crippen MR) is 80.9 cm³/mol. The van der Waals surface area contributed by atoms with Gasteiger partial charge in [0.2, 0.25) is 0 Å². The molecule has 0 heterocycles. The summed E-state index contributed by atoms with van der Waals surface area (Å²) >= 11 is 0. The molecule has 2 N–H and O–H groups in total. The van der Waals surface area contributed by atoms with Crippen molar-refractivity contribution in [3.8, 4) is 11.8 Å². The van der Waals surface area contributed by atoms with E-state index in [9.17, 15) is 9.00 Å². The van der Waals surface area contributed by atoms with Crippen LogP contribution >= 0.6 is 0 Å². The molecular weight excluding hydrogens is 274 g/mol. The molecular formula is C15H19NO3S. The highest BCUT2D eigenvalue weighted by Crippen LogP contribution is 2.05. The lowest BCUT2D eigenvalue weighted by atomic mass is 10.1. The summed E-state index contributed by atoms with van der Waals surface area (Å²) in [4.78, 5) is 12.0. The van der Waals surface area contributed by atoms with E-state index in [0.717, 1.165) is 0 Å². The molecule has 2 unspecified atom stereocenters. The van der Waals surface area contributed by atoms with Crippen molar-refractivity contribution in [2.75, 3.05) is 18.6 Å². The van der Waals surface area contributed by atoms with Gasteiger partial charge in [0.1, 0.15) is 6.61 Å². The van der Waals surface area contributed by atoms with Gasteiger partial charge in [-0.3, -0.25) is 9.00 Å². The number of hydrogen-bond acceptors (Lipinski definition) is 3. The van der Waals surface area contributed by atoms with Crippen molar-refractivity contribution in [2.24, 2.45) is 0 Å². The molecule has 2 atom stereocenters. The number of carbonyl (C=O) groups excluding carboxylic acids is 1. The third-order valence-corrected chi connectivity index (χ3v) is 3.46. The maximum atomic E-state index is 12.0. The number of amides is 1. The van der Waals surface area contributed by atoms with Crippen LogP contribution in [-0.4, -0.2) is 39.9 Å². The van der Waals surface area contributed by atoms with E-state index in [1.54, 1.807) is 30.5 Å². The second-order valence-electron chi connectivity index (χ2n) is 4.48. The number of aliphatic hydroxyl groups is 1. The van der Waals surface area contributed by atoms with Crippen molar-refractivity contribution >= 4 is 16.7 Å². The molecule has 0 aliphatic heterocycles. The van der Waals surface area contributed by atoms with Gasteiger partial charge in [0.25, 0.3) is 5.91 Å². The summed E-state index contributed by atoms with van der Waals surface area (Å²) in [5.41, 5.74) is 1.22. The molecule has 1 amide bonds. The Bertz CT molecular complexity index is 546. The van der Waals surface area contributed by atoms with E-state index in [2.05, 4.69) is 17.2 Å². The van der Waals surface area contributed by atoms with Crippen molar-refractivity contribution < 1.29 is 14.1 Å². The first-order chi connectivity index (χ1) is 9.52. The topological polar surface area (TPSA) is 66.4 Å². The normalized spacial score (nSPS) is 12.9. The average molecular weight is 293 g/mol. The summed E-state index contributed by atoms with van der Waals surface area (Å²) in [6.07, 6.45) is 2.33. The minimum atomic E-state index is -0.846. The van der Waals surface area contributed by atoms with E-state index >= 15 is 0 Å². The van der Waals surface area contributed by atoms with Gasteiger partial charge in [0.15, 0.2) is 0 Å². The Morgan fingerprint density at radius 2 is 2.25 bits per heavy atom. The number of rotatable bonds is 5. The van der Waals surface area contributed by atoms with E-state index in [4.69, 9.17) is 5.11 Å². The molecule has 20 heavy (non-hydrogen) atoms. The number of aliphatic hydroxyl groups excluding tert-OH is 1. The zero-order valence-corrected chi connectivity index (χ0v) is 12.5. The summed E-state index contributed by atoms with van der Waals surface area (Å²) in [6.45, 7) is 1.68. The Morgan fingerprint density at radius 3 is 2.90 bits per heavy atom. The fourth-order valence-electron chi connectivity index (χ4n) is 1.60. The lowest BCUT2D eigenvalue weighted by Crippen LogP contribution is -2.33. The fraction of sp³-hybridized carbons (Fsp3) is 0.400. The van der Waals surface area contributed by atoms with Gasteiger partial charge in [-0.15, -0.1) is 0 Å². The first-order valence-corrected chi connectivity index (χ1v) is 8.06. The second-order valence-corrected chi connectivity index (χ2v) is 6.04. The number of benzene rings is 1. The van der Waals surface area contributed by atoms with E-state index in [0.29, 0.717) is 23.3 Å². The van der Waals surface area contributed by atoms with E-state index in [1.165, 1.54) is 0 Å². The SMILES string of the molecule is CC(CCS(C)=O)NC(=O)c1cccc(C#CCO)c1. The smallest absolute Gasteiger partial charge is 0.251 e. The molecule has 0 aromatic heterocycles. The highest BCUT2D eigenvalue weighted by Gasteiger charge is 2.10. The molecule has 0 saturated carbocycles. The lowest BCUT2D eigenvalue weighted by Gasteiger charge is -2.13. The van der Waals surface area contributed by atoms with Crippen LogP contribution in [0.2, 0.25) is 0 Å². The van der Waals surface area contributed by atoms with Crippen LogP contribution in [-0.2, 0) is 10.8 Å². The van der Waals surface area contributed by atoms with Crippen LogP contribution in [0.25, 0.3) is 0 Å². The maximum Gasteiger partial charge on any atom is 0.251 e. The molecule has 4 nitrogen and oxygen atoms in total. The van der Waals surface area contributed by atoms with Gasteiger partial charge < -0.3 is 10.4 Å². The monoisotopic (exact) mass is 293 g/mol. The van der Waals surface area contributed by atoms with Gasteiger partial charge >= 0.3 is 0 Å². The lowest BCUT2D eigenvalue weighted by molar-refractivity contribution is 0.0939. The third kappa shape index (κ3) is 6.00. The van der Waals surface area contributed by atoms with E-state index in [1.807, 2.05) is 6.92 Å². The molecule has 108 valence electrons. The standard InChI is InChI=1S/C15H19NO3S/c1-12(8-10-20(2)19)16-15(18)14-7-3-5-13(11-14)6-4-9-17/h3,5,7,11-12,17H,8-10H2,1-2H3,(H,16,18). The Morgan fingerprint density at radius 1 is 1.50 bits per heavy atom. The Kier molecular flexibility index (Phi) is 6.99. The molecule has 0 radical (unpaired) electrons. The van der Waals surface area contributed by atoms with Crippen LogP contribution in [0.15, 0.2) is 24.3 Å². The van der Waals surface area contributed by atoms with Crippen molar-refractivity contribution in [3.05, 3.63) is 35.4 Å². The summed E-state index contributed by atoms with van der Waals surface area (Å²) in [7, 11) is -0.846. The largest absolute Gasteiger partial charge is 0.384 e. The third-order valence-electron chi connectivity index (χ3n) is 2.65. The molecule has 1 aromatic carbocycles. The molecule has 0 fully saturated rings. The van der Waals surface area contributed by atoms with Crippen molar-refractivity contribution in [1.82, 2.24) is 5.32 Å². The predicted octanol–water partition coefficient (Wildman–Crippen LogP) is 0.917. The first kappa shape index (κ1) is 16.4. The number of carbonyl (C=O) groups is 1. The molecule has 5 heteroatoms. The Balaban J connectivity index is 2.65. The molecule has 1 rings (SSSR count). The van der Waals surface area contributed by atoms with Crippen LogP contribution < -0.4 is 5.32 Å². The highest BCUT2D eigenvalue weighted by atomic mass is 32.2. The van der Waals surface area contributed by atoms with Gasteiger partial charge in [-0.05, 0) is 31.5 Å². The molecule has 0 spiro atoms. The van der Waals surface area contributed by atoms with Crippen molar-refractivity contribution in [1.29, 1.82) is 0 Å². The summed E-state index contributed by atoms with van der Waals surface area (Å²) < 4.78 is 11.0. The summed E-state index contributed by atoms with van der Waals surface area (Å²) in [5, 5.41) is 11.5. The summed E-state index contributed by atoms with van der Waals surface area (Å²) in [5.74, 6) is 5.71. The van der Waals surface area contributed by atoms with Crippen LogP contribution in [0.3, 0.4) is 0 Å². The zero-order valence-electron chi connectivity index (χ0n) is 11.7. The first-order valence-electron chi connectivity index (χ1n) is 6.33. The quantitative estimate of drug-likeness (QED) is 0.793. The number of hydrogen-bond donors (Lipinski definition) is 2. The van der Waals surface area contributed by atoms with Crippen LogP contribution in [0, 0.1) is 11.8 Å². The molecule has 0 bridgehead atoms. The van der Waals surface area contributed by atoms with Crippen molar-refractivity contribution in [3.63, 3.8) is 0 Å². The van der Waals surface area contributed by atoms with Crippen molar-refractivity contribution in [2.45, 2.75) is 19.4 Å². The van der Waals surface area contributed by atoms with E-state index in [-0.39, 0.29) is 18.6 Å². The Labute approximate surface area is 122 Å². The average Bonchev–Trinajstić information content (AvgIpc) is 2.43. The fourth-order valence-corrected chi connectivity index (χ4v) is 2.29. The maximum absolute atomic E-state index is 12.0. The van der Waals surface area contributed by atoms with Crippen LogP contribution in [0.5, 0.6) is 0 Å². The zero-order chi connectivity index (χ0) is 15.0. The summed E-state index contributed by atoms with van der Waals surface area (Å²) in [6, 6.07) is 6.90. The number of nitrogens with one attached hydrogen (secondary N) is 1. The van der Waals surface area contributed by atoms with Crippen LogP contribution in [0.4, 0.5) is 0 Å². The second kappa shape index (κ2) is 8.51. The highest BCUT2D eigenvalue weighted by molar-refractivity contribution is 7.84. The van der Waals surface area contributed by atoms with Gasteiger partial charge in [-0.2, -0.15) is 0 Å². The molecule has 0 aliphatic rings. The minimum absolute atomic E-state index is 0.0291. The van der Waals surface area contributed by atoms with Gasteiger partial charge in [0.05, 0.1) is 0 Å². The Hall–Kier alpha value is -1.64. The molecule has 1 aromatic rings. The van der Waals surface area contributed by atoms with Gasteiger partial charge in [-0.25, -0.2) is 0 Å².